The molecule has 1 aliphatic rings. The van der Waals surface area contributed by atoms with Crippen LogP contribution in [0.5, 0.6) is 0 Å². The van der Waals surface area contributed by atoms with E-state index in [2.05, 4.69) is 16.4 Å². The van der Waals surface area contributed by atoms with E-state index >= 15 is 0 Å². The van der Waals surface area contributed by atoms with Crippen LogP contribution in [0.1, 0.15) is 5.56 Å². The summed E-state index contributed by atoms with van der Waals surface area (Å²) in [5.74, 6) is 0.954. The lowest BCUT2D eigenvalue weighted by molar-refractivity contribution is 0.960. The molecule has 1 heterocycles. The van der Waals surface area contributed by atoms with Gasteiger partial charge in [0.2, 0.25) is 0 Å². The Morgan fingerprint density at radius 3 is 2.32 bits per heavy atom. The van der Waals surface area contributed by atoms with Gasteiger partial charge in [-0.05, 0) is 35.4 Å². The first-order chi connectivity index (χ1) is 9.22. The molecule has 0 atom stereocenters. The lowest BCUT2D eigenvalue weighted by Gasteiger charge is -2.07. The monoisotopic (exact) mass is 290 g/mol. The summed E-state index contributed by atoms with van der Waals surface area (Å²) >= 11 is 12.1. The largest absolute Gasteiger partial charge is 0.368 e. The summed E-state index contributed by atoms with van der Waals surface area (Å²) < 4.78 is 0. The molecule has 0 spiro atoms. The van der Waals surface area contributed by atoms with E-state index in [9.17, 15) is 0 Å². The number of hydrogen-bond donors (Lipinski definition) is 1. The third-order valence-corrected chi connectivity index (χ3v) is 3.44. The van der Waals surface area contributed by atoms with Crippen LogP contribution in [0.2, 0.25) is 10.0 Å². The van der Waals surface area contributed by atoms with E-state index in [4.69, 9.17) is 23.2 Å². The molecule has 2 aromatic carbocycles. The Balaban J connectivity index is 2.03. The third-order valence-electron chi connectivity index (χ3n) is 3.01. The van der Waals surface area contributed by atoms with Crippen LogP contribution in [0.4, 0.5) is 0 Å². The number of rotatable bonds is 2. The molecule has 2 nitrogen and oxygen atoms in total. The van der Waals surface area contributed by atoms with Crippen LogP contribution >= 0.6 is 23.2 Å². The fraction of sp³-hybridized carbons (Fsp3) is 0.133. The van der Waals surface area contributed by atoms with Crippen molar-refractivity contribution in [2.75, 3.05) is 13.1 Å². The molecule has 0 aliphatic carbocycles. The molecule has 3 rings (SSSR count). The summed E-state index contributed by atoms with van der Waals surface area (Å²) in [5.41, 5.74) is 3.18. The maximum atomic E-state index is 6.05. The molecule has 0 aromatic heterocycles. The van der Waals surface area contributed by atoms with Crippen LogP contribution < -0.4 is 5.32 Å². The van der Waals surface area contributed by atoms with Gasteiger partial charge < -0.3 is 5.32 Å². The van der Waals surface area contributed by atoms with Crippen LogP contribution in [0.15, 0.2) is 47.5 Å². The Hall–Kier alpha value is -1.51. The average molecular weight is 291 g/mol. The summed E-state index contributed by atoms with van der Waals surface area (Å²) in [4.78, 5) is 4.43. The molecule has 0 fully saturated rings. The first-order valence-electron chi connectivity index (χ1n) is 6.07. The van der Waals surface area contributed by atoms with Crippen molar-refractivity contribution in [3.63, 3.8) is 0 Å². The van der Waals surface area contributed by atoms with E-state index in [1.807, 2.05) is 30.3 Å². The Kier molecular flexibility index (Phi) is 3.45. The average Bonchev–Trinajstić information content (AvgIpc) is 2.92. The van der Waals surface area contributed by atoms with Crippen molar-refractivity contribution in [1.29, 1.82) is 0 Å². The first-order valence-corrected chi connectivity index (χ1v) is 6.83. The van der Waals surface area contributed by atoms with E-state index in [1.165, 1.54) is 0 Å². The lowest BCUT2D eigenvalue weighted by atomic mass is 10.0. The number of amidine groups is 1. The smallest absolute Gasteiger partial charge is 0.128 e. The molecule has 0 amide bonds. The Labute approximate surface area is 122 Å². The number of hydrogen-bond acceptors (Lipinski definition) is 2. The fourth-order valence-electron chi connectivity index (χ4n) is 2.16. The highest BCUT2D eigenvalue weighted by Gasteiger charge is 2.09. The normalized spacial score (nSPS) is 14.1. The molecule has 0 saturated carbocycles. The number of halogens is 2. The molecule has 1 aliphatic heterocycles. The molecule has 19 heavy (non-hydrogen) atoms. The van der Waals surface area contributed by atoms with E-state index in [0.29, 0.717) is 10.0 Å². The van der Waals surface area contributed by atoms with Crippen molar-refractivity contribution in [1.82, 2.24) is 5.32 Å². The summed E-state index contributed by atoms with van der Waals surface area (Å²) in [6.45, 7) is 1.74. The number of nitrogens with one attached hydrogen (secondary N) is 1. The van der Waals surface area contributed by atoms with Gasteiger partial charge in [0.25, 0.3) is 0 Å². The third kappa shape index (κ3) is 2.75. The van der Waals surface area contributed by atoms with Crippen LogP contribution in [0.25, 0.3) is 11.1 Å². The molecule has 0 unspecified atom stereocenters. The van der Waals surface area contributed by atoms with E-state index < -0.39 is 0 Å². The van der Waals surface area contributed by atoms with Gasteiger partial charge in [-0.1, -0.05) is 41.4 Å². The predicted octanol–water partition coefficient (Wildman–Crippen LogP) is 4.01. The maximum Gasteiger partial charge on any atom is 0.128 e. The Morgan fingerprint density at radius 2 is 1.63 bits per heavy atom. The quantitative estimate of drug-likeness (QED) is 0.888. The van der Waals surface area contributed by atoms with Gasteiger partial charge in [-0.3, -0.25) is 4.99 Å². The van der Waals surface area contributed by atoms with Crippen LogP contribution in [0.3, 0.4) is 0 Å². The zero-order chi connectivity index (χ0) is 13.2. The van der Waals surface area contributed by atoms with Crippen LogP contribution in [0, 0.1) is 0 Å². The minimum absolute atomic E-state index is 0.643. The fourth-order valence-corrected chi connectivity index (χ4v) is 2.68. The highest BCUT2D eigenvalue weighted by Crippen LogP contribution is 2.27. The zero-order valence-electron chi connectivity index (χ0n) is 10.2. The van der Waals surface area contributed by atoms with Crippen molar-refractivity contribution in [3.05, 3.63) is 58.1 Å². The number of benzene rings is 2. The van der Waals surface area contributed by atoms with Crippen molar-refractivity contribution in [2.45, 2.75) is 0 Å². The molecule has 0 saturated heterocycles. The van der Waals surface area contributed by atoms with Gasteiger partial charge in [-0.2, -0.15) is 0 Å². The molecule has 1 N–H and O–H groups in total. The topological polar surface area (TPSA) is 24.4 Å². The molecule has 2 aromatic rings. The van der Waals surface area contributed by atoms with Crippen LogP contribution in [-0.4, -0.2) is 18.9 Å². The van der Waals surface area contributed by atoms with Crippen molar-refractivity contribution < 1.29 is 0 Å². The second-order valence-electron chi connectivity index (χ2n) is 4.40. The zero-order valence-corrected chi connectivity index (χ0v) is 11.7. The molecular weight excluding hydrogens is 279 g/mol. The Bertz CT molecular complexity index is 630. The molecular formula is C15H12Cl2N2. The van der Waals surface area contributed by atoms with Gasteiger partial charge in [0.05, 0.1) is 6.54 Å². The standard InChI is InChI=1S/C15H12Cl2N2/c16-13-7-12(8-14(17)9-13)10-2-1-3-11(6-10)15-18-4-5-19-15/h1-3,6-9H,4-5H2,(H,18,19). The predicted molar refractivity (Wildman–Crippen MR) is 81.3 cm³/mol. The van der Waals surface area contributed by atoms with E-state index in [-0.39, 0.29) is 0 Å². The van der Waals surface area contributed by atoms with Crippen molar-refractivity contribution in [3.8, 4) is 11.1 Å². The van der Waals surface area contributed by atoms with Gasteiger partial charge in [-0.25, -0.2) is 0 Å². The van der Waals surface area contributed by atoms with Gasteiger partial charge >= 0.3 is 0 Å². The van der Waals surface area contributed by atoms with Crippen molar-refractivity contribution in [2.24, 2.45) is 4.99 Å². The summed E-state index contributed by atoms with van der Waals surface area (Å²) in [7, 11) is 0. The van der Waals surface area contributed by atoms with Gasteiger partial charge in [0, 0.05) is 22.2 Å². The van der Waals surface area contributed by atoms with Crippen LogP contribution in [-0.2, 0) is 0 Å². The summed E-state index contributed by atoms with van der Waals surface area (Å²) in [6, 6.07) is 13.8. The first kappa shape index (κ1) is 12.5. The second-order valence-corrected chi connectivity index (χ2v) is 5.27. The highest BCUT2D eigenvalue weighted by molar-refractivity contribution is 6.35. The summed E-state index contributed by atoms with van der Waals surface area (Å²) in [5, 5.41) is 4.56. The molecule has 0 radical (unpaired) electrons. The van der Waals surface area contributed by atoms with Crippen molar-refractivity contribution >= 4 is 29.0 Å². The second kappa shape index (κ2) is 5.24. The summed E-state index contributed by atoms with van der Waals surface area (Å²) in [6.07, 6.45) is 0. The Morgan fingerprint density at radius 1 is 0.895 bits per heavy atom. The maximum absolute atomic E-state index is 6.05. The van der Waals surface area contributed by atoms with Gasteiger partial charge in [-0.15, -0.1) is 0 Å². The number of nitrogens with zero attached hydrogens (tertiary/aromatic N) is 1. The highest BCUT2D eigenvalue weighted by atomic mass is 35.5. The van der Waals surface area contributed by atoms with Gasteiger partial charge in [0.15, 0.2) is 0 Å². The minimum atomic E-state index is 0.643. The molecule has 96 valence electrons. The molecule has 4 heteroatoms. The SMILES string of the molecule is Clc1cc(Cl)cc(-c2cccc(C3=NCCN3)c2)c1. The lowest BCUT2D eigenvalue weighted by Crippen LogP contribution is -2.19. The minimum Gasteiger partial charge on any atom is -0.368 e. The van der Waals surface area contributed by atoms with Gasteiger partial charge in [0.1, 0.15) is 5.84 Å². The van der Waals surface area contributed by atoms with E-state index in [1.54, 1.807) is 6.07 Å². The molecule has 0 bridgehead atoms. The number of aliphatic imine (C=N–C) groups is 1. The van der Waals surface area contributed by atoms with E-state index in [0.717, 1.165) is 35.6 Å².